The highest BCUT2D eigenvalue weighted by Crippen LogP contribution is 2.24. The number of benzene rings is 3. The number of carbonyl (C=O) groups is 1. The molecule has 138 valence electrons. The van der Waals surface area contributed by atoms with Crippen LogP contribution >= 0.6 is 0 Å². The number of aryl methyl sites for hydroxylation is 1. The van der Waals surface area contributed by atoms with Crippen LogP contribution in [0.2, 0.25) is 0 Å². The number of aromatic nitrogens is 2. The molecule has 4 nitrogen and oxygen atoms in total. The molecule has 1 heterocycles. The second-order valence-corrected chi connectivity index (χ2v) is 6.70. The fourth-order valence-corrected chi connectivity index (χ4v) is 3.22. The predicted octanol–water partition coefficient (Wildman–Crippen LogP) is 5.12. The van der Waals surface area contributed by atoms with E-state index in [9.17, 15) is 4.79 Å². The molecule has 0 atom stereocenters. The molecule has 0 N–H and O–H groups in total. The van der Waals surface area contributed by atoms with Gasteiger partial charge in [0.1, 0.15) is 0 Å². The quantitative estimate of drug-likeness (QED) is 0.502. The van der Waals surface area contributed by atoms with Crippen molar-refractivity contribution in [3.05, 3.63) is 102 Å². The van der Waals surface area contributed by atoms with Crippen LogP contribution < -0.4 is 4.90 Å². The van der Waals surface area contributed by atoms with E-state index in [1.807, 2.05) is 84.4 Å². The largest absolute Gasteiger partial charge is 0.311 e. The van der Waals surface area contributed by atoms with Crippen LogP contribution in [-0.4, -0.2) is 22.7 Å². The van der Waals surface area contributed by atoms with Crippen LogP contribution in [-0.2, 0) is 0 Å². The number of rotatable bonds is 4. The summed E-state index contributed by atoms with van der Waals surface area (Å²) in [5.74, 6) is -0.0438. The maximum Gasteiger partial charge on any atom is 0.258 e. The van der Waals surface area contributed by atoms with E-state index in [4.69, 9.17) is 0 Å². The van der Waals surface area contributed by atoms with E-state index in [0.29, 0.717) is 5.56 Å². The Morgan fingerprint density at radius 2 is 1.46 bits per heavy atom. The van der Waals surface area contributed by atoms with Gasteiger partial charge < -0.3 is 4.90 Å². The zero-order chi connectivity index (χ0) is 19.5. The SMILES string of the molecule is Cc1cc(-c2ccccc2)n(-c2ccc(C(=O)N(C)c3ccccc3)cc2)n1. The van der Waals surface area contributed by atoms with Crippen LogP contribution in [0, 0.1) is 6.92 Å². The van der Waals surface area contributed by atoms with Gasteiger partial charge in [0.2, 0.25) is 0 Å². The van der Waals surface area contributed by atoms with Crippen LogP contribution in [0.3, 0.4) is 0 Å². The summed E-state index contributed by atoms with van der Waals surface area (Å²) in [5, 5.41) is 4.64. The Morgan fingerprint density at radius 1 is 0.857 bits per heavy atom. The average Bonchev–Trinajstić information content (AvgIpc) is 3.16. The molecule has 1 aromatic heterocycles. The molecule has 0 radical (unpaired) electrons. The molecule has 0 spiro atoms. The molecule has 3 aromatic carbocycles. The fraction of sp³-hybridized carbons (Fsp3) is 0.0833. The Hall–Kier alpha value is -3.66. The average molecular weight is 367 g/mol. The van der Waals surface area contributed by atoms with E-state index in [-0.39, 0.29) is 5.91 Å². The van der Waals surface area contributed by atoms with Gasteiger partial charge in [-0.1, -0.05) is 48.5 Å². The van der Waals surface area contributed by atoms with Crippen LogP contribution in [0.25, 0.3) is 16.9 Å². The molecule has 4 aromatic rings. The van der Waals surface area contributed by atoms with Crippen molar-refractivity contribution in [2.75, 3.05) is 11.9 Å². The second-order valence-electron chi connectivity index (χ2n) is 6.70. The number of carbonyl (C=O) groups excluding carboxylic acids is 1. The summed E-state index contributed by atoms with van der Waals surface area (Å²) >= 11 is 0. The summed E-state index contributed by atoms with van der Waals surface area (Å²) in [7, 11) is 1.79. The monoisotopic (exact) mass is 367 g/mol. The maximum absolute atomic E-state index is 12.8. The minimum atomic E-state index is -0.0438. The molecular weight excluding hydrogens is 346 g/mol. The zero-order valence-electron chi connectivity index (χ0n) is 15.9. The number of para-hydroxylation sites is 1. The molecule has 28 heavy (non-hydrogen) atoms. The number of amides is 1. The normalized spacial score (nSPS) is 10.6. The van der Waals surface area contributed by atoms with Crippen molar-refractivity contribution in [3.8, 4) is 16.9 Å². The molecule has 4 rings (SSSR count). The third-order valence-corrected chi connectivity index (χ3v) is 4.71. The number of hydrogen-bond acceptors (Lipinski definition) is 2. The Bertz CT molecular complexity index is 1080. The topological polar surface area (TPSA) is 38.1 Å². The summed E-state index contributed by atoms with van der Waals surface area (Å²) < 4.78 is 1.92. The lowest BCUT2D eigenvalue weighted by Gasteiger charge is -2.17. The van der Waals surface area contributed by atoms with Crippen LogP contribution in [0.5, 0.6) is 0 Å². The van der Waals surface area contributed by atoms with Crippen LogP contribution in [0.4, 0.5) is 5.69 Å². The fourth-order valence-electron chi connectivity index (χ4n) is 3.22. The van der Waals surface area contributed by atoms with Gasteiger partial charge in [-0.15, -0.1) is 0 Å². The Morgan fingerprint density at radius 3 is 2.11 bits per heavy atom. The molecule has 1 amide bonds. The first kappa shape index (κ1) is 17.7. The zero-order valence-corrected chi connectivity index (χ0v) is 15.9. The number of anilines is 1. The first-order valence-electron chi connectivity index (χ1n) is 9.19. The lowest BCUT2D eigenvalue weighted by Crippen LogP contribution is -2.26. The van der Waals surface area contributed by atoms with Crippen molar-refractivity contribution in [2.24, 2.45) is 0 Å². The molecule has 4 heteroatoms. The lowest BCUT2D eigenvalue weighted by molar-refractivity contribution is 0.0993. The molecule has 0 bridgehead atoms. The molecule has 0 aliphatic carbocycles. The molecule has 0 fully saturated rings. The Labute approximate surface area is 164 Å². The minimum Gasteiger partial charge on any atom is -0.311 e. The van der Waals surface area contributed by atoms with E-state index in [1.165, 1.54) is 0 Å². The molecule has 0 saturated carbocycles. The lowest BCUT2D eigenvalue weighted by atomic mass is 10.1. The number of nitrogens with zero attached hydrogens (tertiary/aromatic N) is 3. The third-order valence-electron chi connectivity index (χ3n) is 4.71. The third kappa shape index (κ3) is 3.45. The van der Waals surface area contributed by atoms with E-state index in [0.717, 1.165) is 28.3 Å². The van der Waals surface area contributed by atoms with Gasteiger partial charge in [-0.3, -0.25) is 4.79 Å². The molecular formula is C24H21N3O. The summed E-state index contributed by atoms with van der Waals surface area (Å²) in [6.45, 7) is 1.98. The predicted molar refractivity (Wildman–Crippen MR) is 113 cm³/mol. The summed E-state index contributed by atoms with van der Waals surface area (Å²) in [6, 6.07) is 29.4. The van der Waals surface area contributed by atoms with Crippen molar-refractivity contribution in [2.45, 2.75) is 6.92 Å². The molecule has 0 aliphatic heterocycles. The van der Waals surface area contributed by atoms with Crippen molar-refractivity contribution >= 4 is 11.6 Å². The van der Waals surface area contributed by atoms with Gasteiger partial charge in [-0.25, -0.2) is 4.68 Å². The number of hydrogen-bond donors (Lipinski definition) is 0. The van der Waals surface area contributed by atoms with Crippen molar-refractivity contribution in [1.29, 1.82) is 0 Å². The van der Waals surface area contributed by atoms with E-state index in [1.54, 1.807) is 11.9 Å². The summed E-state index contributed by atoms with van der Waals surface area (Å²) in [6.07, 6.45) is 0. The van der Waals surface area contributed by atoms with Gasteiger partial charge in [0.25, 0.3) is 5.91 Å². The molecule has 0 aliphatic rings. The van der Waals surface area contributed by atoms with Gasteiger partial charge in [-0.2, -0.15) is 5.10 Å². The van der Waals surface area contributed by atoms with E-state index < -0.39 is 0 Å². The standard InChI is InChI=1S/C24H21N3O/c1-18-17-23(19-9-5-3-6-10-19)27(25-18)22-15-13-20(14-16-22)24(28)26(2)21-11-7-4-8-12-21/h3-17H,1-2H3. The second kappa shape index (κ2) is 7.53. The summed E-state index contributed by atoms with van der Waals surface area (Å²) in [5.41, 5.74) is 5.50. The summed E-state index contributed by atoms with van der Waals surface area (Å²) in [4.78, 5) is 14.4. The first-order chi connectivity index (χ1) is 13.6. The van der Waals surface area contributed by atoms with Crippen molar-refractivity contribution < 1.29 is 4.79 Å². The van der Waals surface area contributed by atoms with Gasteiger partial charge >= 0.3 is 0 Å². The minimum absolute atomic E-state index is 0.0438. The first-order valence-corrected chi connectivity index (χ1v) is 9.19. The maximum atomic E-state index is 12.8. The van der Waals surface area contributed by atoms with Gasteiger partial charge in [0.05, 0.1) is 17.1 Å². The van der Waals surface area contributed by atoms with Gasteiger partial charge in [0, 0.05) is 23.9 Å². The Kier molecular flexibility index (Phi) is 4.77. The molecule has 0 saturated heterocycles. The van der Waals surface area contributed by atoms with Crippen LogP contribution in [0.1, 0.15) is 16.1 Å². The van der Waals surface area contributed by atoms with Gasteiger partial charge in [0.15, 0.2) is 0 Å². The highest BCUT2D eigenvalue weighted by atomic mass is 16.2. The van der Waals surface area contributed by atoms with E-state index >= 15 is 0 Å². The van der Waals surface area contributed by atoms with Gasteiger partial charge in [-0.05, 0) is 49.4 Å². The van der Waals surface area contributed by atoms with Crippen molar-refractivity contribution in [1.82, 2.24) is 9.78 Å². The highest BCUT2D eigenvalue weighted by Gasteiger charge is 2.14. The molecule has 0 unspecified atom stereocenters. The Balaban J connectivity index is 1.64. The smallest absolute Gasteiger partial charge is 0.258 e. The van der Waals surface area contributed by atoms with Crippen molar-refractivity contribution in [3.63, 3.8) is 0 Å². The van der Waals surface area contributed by atoms with E-state index in [2.05, 4.69) is 23.3 Å². The van der Waals surface area contributed by atoms with Crippen LogP contribution in [0.15, 0.2) is 91.0 Å². The highest BCUT2D eigenvalue weighted by molar-refractivity contribution is 6.05.